The van der Waals surface area contributed by atoms with Crippen molar-refractivity contribution >= 4 is 16.9 Å². The van der Waals surface area contributed by atoms with Crippen LogP contribution in [0.2, 0.25) is 0 Å². The lowest BCUT2D eigenvalue weighted by atomic mass is 10.1. The zero-order valence-electron chi connectivity index (χ0n) is 10.5. The molecule has 0 saturated carbocycles. The highest BCUT2D eigenvalue weighted by Gasteiger charge is 2.20. The van der Waals surface area contributed by atoms with Crippen molar-refractivity contribution in [1.29, 1.82) is 0 Å². The smallest absolute Gasteiger partial charge is 0.289 e. The summed E-state index contributed by atoms with van der Waals surface area (Å²) in [6.45, 7) is 7.28. The fourth-order valence-corrected chi connectivity index (χ4v) is 2.03. The van der Waals surface area contributed by atoms with Gasteiger partial charge in [-0.3, -0.25) is 4.79 Å². The van der Waals surface area contributed by atoms with Gasteiger partial charge in [-0.2, -0.15) is 0 Å². The number of aryl methyl sites for hydroxylation is 1. The van der Waals surface area contributed by atoms with Gasteiger partial charge in [0.1, 0.15) is 5.58 Å². The highest BCUT2D eigenvalue weighted by molar-refractivity contribution is 5.98. The Kier molecular flexibility index (Phi) is 3.18. The van der Waals surface area contributed by atoms with Crippen molar-refractivity contribution in [2.24, 2.45) is 0 Å². The van der Waals surface area contributed by atoms with Gasteiger partial charge in [0.2, 0.25) is 0 Å². The maximum Gasteiger partial charge on any atom is 0.289 e. The van der Waals surface area contributed by atoms with E-state index in [1.165, 1.54) is 0 Å². The van der Waals surface area contributed by atoms with Crippen LogP contribution in [0.3, 0.4) is 0 Å². The minimum absolute atomic E-state index is 0.0244. The Morgan fingerprint density at radius 3 is 2.47 bits per heavy atom. The van der Waals surface area contributed by atoms with Crippen molar-refractivity contribution in [3.05, 3.63) is 35.6 Å². The summed E-state index contributed by atoms with van der Waals surface area (Å²) >= 11 is 0. The zero-order chi connectivity index (χ0) is 12.4. The van der Waals surface area contributed by atoms with Gasteiger partial charge in [-0.15, -0.1) is 0 Å². The number of benzene rings is 1. The second-order valence-electron chi connectivity index (χ2n) is 4.03. The van der Waals surface area contributed by atoms with Crippen LogP contribution >= 0.6 is 0 Å². The van der Waals surface area contributed by atoms with Crippen LogP contribution in [0.4, 0.5) is 0 Å². The average Bonchev–Trinajstić information content (AvgIpc) is 2.69. The zero-order valence-corrected chi connectivity index (χ0v) is 10.5. The molecule has 0 saturated heterocycles. The molecule has 0 fully saturated rings. The van der Waals surface area contributed by atoms with Crippen molar-refractivity contribution in [1.82, 2.24) is 4.90 Å². The van der Waals surface area contributed by atoms with E-state index in [9.17, 15) is 4.79 Å². The van der Waals surface area contributed by atoms with Gasteiger partial charge in [0.05, 0.1) is 0 Å². The molecular formula is C14H17NO2. The van der Waals surface area contributed by atoms with Crippen molar-refractivity contribution in [3.63, 3.8) is 0 Å². The maximum absolute atomic E-state index is 12.2. The number of amides is 1. The van der Waals surface area contributed by atoms with Crippen LogP contribution in [0.25, 0.3) is 11.0 Å². The molecule has 2 rings (SSSR count). The standard InChI is InChI=1S/C14H17NO2/c1-4-15(5-2)14(16)13-10(3)11-8-6-7-9-12(11)17-13/h6-9H,4-5H2,1-3H3. The molecule has 0 atom stereocenters. The van der Waals surface area contributed by atoms with Crippen molar-refractivity contribution < 1.29 is 9.21 Å². The maximum atomic E-state index is 12.2. The third-order valence-corrected chi connectivity index (χ3v) is 3.09. The Hall–Kier alpha value is -1.77. The molecule has 1 aromatic heterocycles. The molecule has 2 aromatic rings. The Labute approximate surface area is 101 Å². The van der Waals surface area contributed by atoms with E-state index < -0.39 is 0 Å². The Morgan fingerprint density at radius 1 is 1.24 bits per heavy atom. The normalized spacial score (nSPS) is 10.8. The Bertz CT molecular complexity index is 538. The first-order valence-corrected chi connectivity index (χ1v) is 5.96. The third kappa shape index (κ3) is 1.93. The lowest BCUT2D eigenvalue weighted by Gasteiger charge is -2.17. The topological polar surface area (TPSA) is 33.5 Å². The van der Waals surface area contributed by atoms with Crippen molar-refractivity contribution in [2.75, 3.05) is 13.1 Å². The molecule has 0 aliphatic carbocycles. The van der Waals surface area contributed by atoms with E-state index in [4.69, 9.17) is 4.42 Å². The van der Waals surface area contributed by atoms with E-state index in [1.54, 1.807) is 4.90 Å². The number of nitrogens with zero attached hydrogens (tertiary/aromatic N) is 1. The molecule has 1 heterocycles. The summed E-state index contributed by atoms with van der Waals surface area (Å²) in [5, 5.41) is 1.02. The van der Waals surface area contributed by atoms with E-state index in [1.807, 2.05) is 45.0 Å². The molecule has 0 unspecified atom stereocenters. The van der Waals surface area contributed by atoms with Gasteiger partial charge >= 0.3 is 0 Å². The van der Waals surface area contributed by atoms with E-state index in [-0.39, 0.29) is 5.91 Å². The number of hydrogen-bond donors (Lipinski definition) is 0. The molecule has 3 nitrogen and oxygen atoms in total. The SMILES string of the molecule is CCN(CC)C(=O)c1oc2ccccc2c1C. The quantitative estimate of drug-likeness (QED) is 0.812. The van der Waals surface area contributed by atoms with Gasteiger partial charge in [0.15, 0.2) is 5.76 Å². The van der Waals surface area contributed by atoms with Gasteiger partial charge < -0.3 is 9.32 Å². The molecule has 17 heavy (non-hydrogen) atoms. The first-order chi connectivity index (χ1) is 8.19. The highest BCUT2D eigenvalue weighted by atomic mass is 16.3. The second kappa shape index (κ2) is 4.62. The Balaban J connectivity index is 2.49. The predicted molar refractivity (Wildman–Crippen MR) is 68.2 cm³/mol. The van der Waals surface area contributed by atoms with Crippen LogP contribution in [-0.2, 0) is 0 Å². The van der Waals surface area contributed by atoms with Crippen LogP contribution < -0.4 is 0 Å². The molecule has 0 N–H and O–H groups in total. The second-order valence-corrected chi connectivity index (χ2v) is 4.03. The average molecular weight is 231 g/mol. The van der Waals surface area contributed by atoms with Crippen molar-refractivity contribution in [3.8, 4) is 0 Å². The largest absolute Gasteiger partial charge is 0.451 e. The van der Waals surface area contributed by atoms with Crippen LogP contribution in [0.5, 0.6) is 0 Å². The Morgan fingerprint density at radius 2 is 1.88 bits per heavy atom. The number of furan rings is 1. The summed E-state index contributed by atoms with van der Waals surface area (Å²) in [4.78, 5) is 14.0. The molecule has 0 bridgehead atoms. The molecule has 0 aliphatic heterocycles. The molecule has 0 spiro atoms. The number of carbonyl (C=O) groups excluding carboxylic acids is 1. The molecule has 90 valence electrons. The first kappa shape index (κ1) is 11.7. The minimum Gasteiger partial charge on any atom is -0.451 e. The summed E-state index contributed by atoms with van der Waals surface area (Å²) in [5.41, 5.74) is 1.71. The first-order valence-electron chi connectivity index (χ1n) is 5.96. The lowest BCUT2D eigenvalue weighted by Crippen LogP contribution is -2.30. The fourth-order valence-electron chi connectivity index (χ4n) is 2.03. The van der Waals surface area contributed by atoms with Crippen molar-refractivity contribution in [2.45, 2.75) is 20.8 Å². The van der Waals surface area contributed by atoms with Gasteiger partial charge in [-0.25, -0.2) is 0 Å². The molecular weight excluding hydrogens is 214 g/mol. The summed E-state index contributed by atoms with van der Waals surface area (Å²) in [7, 11) is 0. The number of hydrogen-bond acceptors (Lipinski definition) is 2. The summed E-state index contributed by atoms with van der Waals surface area (Å²) in [6, 6.07) is 7.74. The van der Waals surface area contributed by atoms with Crippen LogP contribution in [-0.4, -0.2) is 23.9 Å². The molecule has 1 aromatic carbocycles. The van der Waals surface area contributed by atoms with Gasteiger partial charge in [0, 0.05) is 24.0 Å². The molecule has 3 heteroatoms. The number of rotatable bonds is 3. The summed E-state index contributed by atoms with van der Waals surface area (Å²) in [6.07, 6.45) is 0. The van der Waals surface area contributed by atoms with E-state index in [0.29, 0.717) is 18.8 Å². The molecule has 0 radical (unpaired) electrons. The van der Waals surface area contributed by atoms with Gasteiger partial charge in [0.25, 0.3) is 5.91 Å². The number of para-hydroxylation sites is 1. The molecule has 1 amide bonds. The monoisotopic (exact) mass is 231 g/mol. The van der Waals surface area contributed by atoms with Crippen LogP contribution in [0, 0.1) is 6.92 Å². The van der Waals surface area contributed by atoms with Crippen LogP contribution in [0.1, 0.15) is 30.0 Å². The van der Waals surface area contributed by atoms with E-state index in [0.717, 1.165) is 16.5 Å². The third-order valence-electron chi connectivity index (χ3n) is 3.09. The van der Waals surface area contributed by atoms with Crippen LogP contribution in [0.15, 0.2) is 28.7 Å². The van der Waals surface area contributed by atoms with Gasteiger partial charge in [-0.05, 0) is 26.8 Å². The predicted octanol–water partition coefficient (Wildman–Crippen LogP) is 3.22. The van der Waals surface area contributed by atoms with Gasteiger partial charge in [-0.1, -0.05) is 18.2 Å². The van der Waals surface area contributed by atoms with E-state index in [2.05, 4.69) is 0 Å². The number of carbonyl (C=O) groups is 1. The lowest BCUT2D eigenvalue weighted by molar-refractivity contribution is 0.0742. The summed E-state index contributed by atoms with van der Waals surface area (Å²) in [5.74, 6) is 0.443. The summed E-state index contributed by atoms with van der Waals surface area (Å²) < 4.78 is 5.65. The highest BCUT2D eigenvalue weighted by Crippen LogP contribution is 2.25. The molecule has 0 aliphatic rings. The number of fused-ring (bicyclic) bond motifs is 1. The van der Waals surface area contributed by atoms with E-state index >= 15 is 0 Å². The fraction of sp³-hybridized carbons (Fsp3) is 0.357. The minimum atomic E-state index is -0.0244.